The summed E-state index contributed by atoms with van der Waals surface area (Å²) in [6.45, 7) is 6.44. The van der Waals surface area contributed by atoms with Gasteiger partial charge in [0.2, 0.25) is 27.7 Å². The molecule has 0 N–H and O–H groups in total. The SMILES string of the molecule is C=CC(=O)N(CC)CC(=O)N1CCN(S(=O)(=O)c2cccc3c(OC)nccc23)CC1. The second-order valence-electron chi connectivity index (χ2n) is 7.01. The second-order valence-corrected chi connectivity index (χ2v) is 8.92. The third-order valence-electron chi connectivity index (χ3n) is 5.33. The molecule has 9 nitrogen and oxygen atoms in total. The molecule has 1 saturated heterocycles. The van der Waals surface area contributed by atoms with Crippen LogP contribution in [0.15, 0.2) is 48.0 Å². The van der Waals surface area contributed by atoms with Crippen molar-refractivity contribution in [2.45, 2.75) is 11.8 Å². The standard InChI is InChI=1S/C21H26N4O5S/c1-4-19(26)23(5-2)15-20(27)24-11-13-25(14-12-24)31(28,29)18-8-6-7-17-16(18)9-10-22-21(17)30-3/h4,6-10H,1,5,11-15H2,2-3H3. The Kier molecular flexibility index (Phi) is 6.91. The van der Waals surface area contributed by atoms with Gasteiger partial charge in [0.05, 0.1) is 18.6 Å². The molecule has 0 radical (unpaired) electrons. The van der Waals surface area contributed by atoms with Gasteiger partial charge in [-0.2, -0.15) is 4.31 Å². The summed E-state index contributed by atoms with van der Waals surface area (Å²) in [7, 11) is -2.29. The van der Waals surface area contributed by atoms with Crippen molar-refractivity contribution < 1.29 is 22.7 Å². The van der Waals surface area contributed by atoms with Gasteiger partial charge in [-0.05, 0) is 31.2 Å². The highest BCUT2D eigenvalue weighted by Gasteiger charge is 2.32. The van der Waals surface area contributed by atoms with Gasteiger partial charge in [0.1, 0.15) is 0 Å². The Morgan fingerprint density at radius 2 is 1.90 bits per heavy atom. The van der Waals surface area contributed by atoms with Gasteiger partial charge in [-0.15, -0.1) is 0 Å². The summed E-state index contributed by atoms with van der Waals surface area (Å²) >= 11 is 0. The summed E-state index contributed by atoms with van der Waals surface area (Å²) in [5.41, 5.74) is 0. The molecule has 1 aliphatic rings. The number of sulfonamides is 1. The van der Waals surface area contributed by atoms with E-state index in [2.05, 4.69) is 11.6 Å². The maximum atomic E-state index is 13.3. The summed E-state index contributed by atoms with van der Waals surface area (Å²) in [6, 6.07) is 6.64. The Labute approximate surface area is 181 Å². The normalized spacial score (nSPS) is 15.0. The fourth-order valence-corrected chi connectivity index (χ4v) is 5.22. The largest absolute Gasteiger partial charge is 0.481 e. The molecule has 0 saturated carbocycles. The van der Waals surface area contributed by atoms with Crippen molar-refractivity contribution in [1.29, 1.82) is 0 Å². The van der Waals surface area contributed by atoms with Crippen LogP contribution < -0.4 is 4.74 Å². The van der Waals surface area contributed by atoms with Crippen LogP contribution in [-0.2, 0) is 19.6 Å². The highest BCUT2D eigenvalue weighted by molar-refractivity contribution is 7.89. The van der Waals surface area contributed by atoms with Crippen LogP contribution in [0.25, 0.3) is 10.8 Å². The lowest BCUT2D eigenvalue weighted by atomic mass is 10.2. The Morgan fingerprint density at radius 3 is 2.52 bits per heavy atom. The molecular weight excluding hydrogens is 420 g/mol. The number of fused-ring (bicyclic) bond motifs is 1. The number of rotatable bonds is 7. The fourth-order valence-electron chi connectivity index (χ4n) is 3.59. The lowest BCUT2D eigenvalue weighted by Gasteiger charge is -2.35. The van der Waals surface area contributed by atoms with Crippen molar-refractivity contribution in [2.75, 3.05) is 46.4 Å². The Morgan fingerprint density at radius 1 is 1.19 bits per heavy atom. The lowest BCUT2D eigenvalue weighted by Crippen LogP contribution is -2.52. The highest BCUT2D eigenvalue weighted by atomic mass is 32.2. The Bertz CT molecular complexity index is 1090. The molecule has 31 heavy (non-hydrogen) atoms. The summed E-state index contributed by atoms with van der Waals surface area (Å²) in [6.07, 6.45) is 2.69. The van der Waals surface area contributed by atoms with Gasteiger partial charge < -0.3 is 14.5 Å². The third kappa shape index (κ3) is 4.54. The van der Waals surface area contributed by atoms with E-state index in [1.54, 1.807) is 36.1 Å². The van der Waals surface area contributed by atoms with Gasteiger partial charge in [0.25, 0.3) is 0 Å². The lowest BCUT2D eigenvalue weighted by molar-refractivity contribution is -0.138. The number of hydrogen-bond acceptors (Lipinski definition) is 6. The van der Waals surface area contributed by atoms with E-state index in [4.69, 9.17) is 4.74 Å². The van der Waals surface area contributed by atoms with E-state index >= 15 is 0 Å². The van der Waals surface area contributed by atoms with Gasteiger partial charge in [-0.1, -0.05) is 12.6 Å². The number of likely N-dealkylation sites (N-methyl/N-ethyl adjacent to an activating group) is 1. The summed E-state index contributed by atoms with van der Waals surface area (Å²) in [5, 5.41) is 1.15. The maximum absolute atomic E-state index is 13.3. The minimum atomic E-state index is -3.77. The first kappa shape index (κ1) is 22.7. The molecule has 10 heteroatoms. The van der Waals surface area contributed by atoms with Crippen LogP contribution in [0.4, 0.5) is 0 Å². The number of nitrogens with zero attached hydrogens (tertiary/aromatic N) is 4. The van der Waals surface area contributed by atoms with Gasteiger partial charge in [0, 0.05) is 49.7 Å². The minimum absolute atomic E-state index is 0.0514. The van der Waals surface area contributed by atoms with Crippen molar-refractivity contribution in [1.82, 2.24) is 19.1 Å². The van der Waals surface area contributed by atoms with Crippen molar-refractivity contribution in [3.63, 3.8) is 0 Å². The molecule has 2 amide bonds. The van der Waals surface area contributed by atoms with Gasteiger partial charge >= 0.3 is 0 Å². The molecule has 0 unspecified atom stereocenters. The van der Waals surface area contributed by atoms with Gasteiger partial charge in [0.15, 0.2) is 0 Å². The molecule has 1 fully saturated rings. The van der Waals surface area contributed by atoms with E-state index in [9.17, 15) is 18.0 Å². The quantitative estimate of drug-likeness (QED) is 0.591. The van der Waals surface area contributed by atoms with Crippen LogP contribution in [0.3, 0.4) is 0 Å². The first-order valence-corrected chi connectivity index (χ1v) is 11.4. The first-order valence-electron chi connectivity index (χ1n) is 9.94. The Hall–Kier alpha value is -2.98. The van der Waals surface area contributed by atoms with Crippen molar-refractivity contribution in [3.8, 4) is 5.88 Å². The van der Waals surface area contributed by atoms with Crippen LogP contribution in [0, 0.1) is 0 Å². The van der Waals surface area contributed by atoms with E-state index in [0.29, 0.717) is 23.2 Å². The predicted molar refractivity (Wildman–Crippen MR) is 116 cm³/mol. The maximum Gasteiger partial charge on any atom is 0.246 e. The number of aromatic nitrogens is 1. The number of hydrogen-bond donors (Lipinski definition) is 0. The molecule has 2 heterocycles. The average molecular weight is 447 g/mol. The predicted octanol–water partition coefficient (Wildman–Crippen LogP) is 1.11. The summed E-state index contributed by atoms with van der Waals surface area (Å²) < 4.78 is 33.3. The Balaban J connectivity index is 1.75. The number of carbonyl (C=O) groups excluding carboxylic acids is 2. The van der Waals surface area contributed by atoms with Crippen LogP contribution in [-0.4, -0.2) is 85.7 Å². The van der Waals surface area contributed by atoms with Gasteiger partial charge in [-0.3, -0.25) is 9.59 Å². The van der Waals surface area contributed by atoms with E-state index in [1.807, 2.05) is 0 Å². The topological polar surface area (TPSA) is 100 Å². The number of pyridine rings is 1. The smallest absolute Gasteiger partial charge is 0.246 e. The number of amides is 2. The van der Waals surface area contributed by atoms with Gasteiger partial charge in [-0.25, -0.2) is 13.4 Å². The molecule has 0 aliphatic carbocycles. The number of carbonyl (C=O) groups is 2. The monoisotopic (exact) mass is 446 g/mol. The highest BCUT2D eigenvalue weighted by Crippen LogP contribution is 2.30. The van der Waals surface area contributed by atoms with Crippen molar-refractivity contribution in [3.05, 3.63) is 43.1 Å². The molecular formula is C21H26N4O5S. The molecule has 166 valence electrons. The second kappa shape index (κ2) is 9.44. The summed E-state index contributed by atoms with van der Waals surface area (Å²) in [4.78, 5) is 31.7. The van der Waals surface area contributed by atoms with Crippen LogP contribution in [0.2, 0.25) is 0 Å². The van der Waals surface area contributed by atoms with Crippen LogP contribution in [0.5, 0.6) is 5.88 Å². The minimum Gasteiger partial charge on any atom is -0.481 e. The number of ether oxygens (including phenoxy) is 1. The summed E-state index contributed by atoms with van der Waals surface area (Å²) in [5.74, 6) is -0.160. The van der Waals surface area contributed by atoms with E-state index < -0.39 is 10.0 Å². The zero-order valence-electron chi connectivity index (χ0n) is 17.7. The average Bonchev–Trinajstić information content (AvgIpc) is 2.81. The molecule has 1 aliphatic heterocycles. The number of methoxy groups -OCH3 is 1. The molecule has 1 aromatic heterocycles. The third-order valence-corrected chi connectivity index (χ3v) is 7.28. The molecule has 0 bridgehead atoms. The molecule has 0 spiro atoms. The molecule has 1 aromatic carbocycles. The van der Waals surface area contributed by atoms with E-state index in [0.717, 1.165) is 0 Å². The van der Waals surface area contributed by atoms with E-state index in [-0.39, 0.29) is 49.4 Å². The van der Waals surface area contributed by atoms with Crippen molar-refractivity contribution in [2.24, 2.45) is 0 Å². The molecule has 2 aromatic rings. The first-order chi connectivity index (χ1) is 14.8. The number of piperazine rings is 1. The fraction of sp³-hybridized carbons (Fsp3) is 0.381. The van der Waals surface area contributed by atoms with Crippen LogP contribution >= 0.6 is 0 Å². The molecule has 0 atom stereocenters. The van der Waals surface area contributed by atoms with Crippen LogP contribution in [0.1, 0.15) is 6.92 Å². The molecule has 3 rings (SSSR count). The van der Waals surface area contributed by atoms with E-state index in [1.165, 1.54) is 28.6 Å². The van der Waals surface area contributed by atoms with Crippen molar-refractivity contribution >= 4 is 32.6 Å². The number of benzene rings is 1. The zero-order chi connectivity index (χ0) is 22.6. The zero-order valence-corrected chi connectivity index (χ0v) is 18.5.